The second kappa shape index (κ2) is 6.38. The van der Waals surface area contributed by atoms with Crippen molar-refractivity contribution in [3.8, 4) is 0 Å². The van der Waals surface area contributed by atoms with Gasteiger partial charge in [0.25, 0.3) is 0 Å². The zero-order valence-electron chi connectivity index (χ0n) is 9.57. The van der Waals surface area contributed by atoms with Crippen molar-refractivity contribution in [2.45, 2.75) is 38.6 Å². The maximum Gasteiger partial charge on any atom is 0.0483 e. The zero-order valence-corrected chi connectivity index (χ0v) is 9.57. The highest BCUT2D eigenvalue weighted by atomic mass is 16.5. The average molecular weight is 200 g/mol. The summed E-state index contributed by atoms with van der Waals surface area (Å²) < 4.78 is 5.36. The summed E-state index contributed by atoms with van der Waals surface area (Å²) in [7, 11) is 0. The minimum atomic E-state index is 0.324. The summed E-state index contributed by atoms with van der Waals surface area (Å²) in [4.78, 5) is 0. The van der Waals surface area contributed by atoms with Gasteiger partial charge in [0.1, 0.15) is 0 Å². The predicted octanol–water partition coefficient (Wildman–Crippen LogP) is 1.14. The summed E-state index contributed by atoms with van der Waals surface area (Å²) in [5.41, 5.74) is 0.324. The van der Waals surface area contributed by atoms with E-state index in [0.29, 0.717) is 5.54 Å². The molecule has 1 fully saturated rings. The van der Waals surface area contributed by atoms with Crippen LogP contribution in [0.1, 0.15) is 33.1 Å². The van der Waals surface area contributed by atoms with Crippen LogP contribution >= 0.6 is 0 Å². The minimum Gasteiger partial charge on any atom is -0.381 e. The largest absolute Gasteiger partial charge is 0.381 e. The molecule has 1 aliphatic heterocycles. The Bertz CT molecular complexity index is 144. The van der Waals surface area contributed by atoms with Crippen LogP contribution in [0.3, 0.4) is 0 Å². The Morgan fingerprint density at radius 2 is 1.93 bits per heavy atom. The van der Waals surface area contributed by atoms with Gasteiger partial charge in [-0.15, -0.1) is 0 Å². The quantitative estimate of drug-likeness (QED) is 0.631. The normalized spacial score (nSPS) is 21.0. The van der Waals surface area contributed by atoms with E-state index >= 15 is 0 Å². The van der Waals surface area contributed by atoms with Crippen molar-refractivity contribution in [3.63, 3.8) is 0 Å². The number of hydrogen-bond acceptors (Lipinski definition) is 3. The first kappa shape index (κ1) is 12.0. The van der Waals surface area contributed by atoms with E-state index in [4.69, 9.17) is 4.74 Å². The van der Waals surface area contributed by atoms with Crippen LogP contribution in [0.25, 0.3) is 0 Å². The van der Waals surface area contributed by atoms with E-state index in [1.165, 1.54) is 6.42 Å². The Morgan fingerprint density at radius 3 is 2.57 bits per heavy atom. The lowest BCUT2D eigenvalue weighted by atomic mass is 9.92. The number of hydrogen-bond donors (Lipinski definition) is 2. The maximum atomic E-state index is 5.36. The lowest BCUT2D eigenvalue weighted by Crippen LogP contribution is -2.47. The molecule has 0 aromatic rings. The van der Waals surface area contributed by atoms with Crippen molar-refractivity contribution in [3.05, 3.63) is 0 Å². The molecule has 1 rings (SSSR count). The van der Waals surface area contributed by atoms with Crippen molar-refractivity contribution in [1.29, 1.82) is 0 Å². The fourth-order valence-electron chi connectivity index (χ4n) is 1.78. The summed E-state index contributed by atoms with van der Waals surface area (Å²) in [6, 6.07) is 0. The molecule has 1 saturated heterocycles. The van der Waals surface area contributed by atoms with Crippen LogP contribution < -0.4 is 10.6 Å². The second-order valence-electron chi connectivity index (χ2n) is 4.31. The molecule has 0 aromatic heterocycles. The molecule has 1 heterocycles. The van der Waals surface area contributed by atoms with E-state index in [9.17, 15) is 0 Å². The van der Waals surface area contributed by atoms with Crippen molar-refractivity contribution in [1.82, 2.24) is 10.6 Å². The molecule has 0 amide bonds. The van der Waals surface area contributed by atoms with Gasteiger partial charge in [-0.25, -0.2) is 0 Å². The third-order valence-corrected chi connectivity index (χ3v) is 2.93. The SMILES string of the molecule is CCNCCCNC1(C)CCOCC1. The van der Waals surface area contributed by atoms with Crippen LogP contribution in [0, 0.1) is 0 Å². The molecule has 14 heavy (non-hydrogen) atoms. The molecular weight excluding hydrogens is 176 g/mol. The van der Waals surface area contributed by atoms with Crippen molar-refractivity contribution < 1.29 is 4.74 Å². The fourth-order valence-corrected chi connectivity index (χ4v) is 1.78. The van der Waals surface area contributed by atoms with Gasteiger partial charge >= 0.3 is 0 Å². The Balaban J connectivity index is 2.03. The highest BCUT2D eigenvalue weighted by Gasteiger charge is 2.25. The molecule has 0 atom stereocenters. The van der Waals surface area contributed by atoms with E-state index in [1.54, 1.807) is 0 Å². The first-order valence-corrected chi connectivity index (χ1v) is 5.80. The summed E-state index contributed by atoms with van der Waals surface area (Å²) in [6.07, 6.45) is 3.51. The lowest BCUT2D eigenvalue weighted by molar-refractivity contribution is 0.0454. The van der Waals surface area contributed by atoms with Gasteiger partial charge in [0, 0.05) is 18.8 Å². The van der Waals surface area contributed by atoms with Crippen LogP contribution in [0.4, 0.5) is 0 Å². The van der Waals surface area contributed by atoms with Gasteiger partial charge in [-0.1, -0.05) is 6.92 Å². The first-order chi connectivity index (χ1) is 6.77. The van der Waals surface area contributed by atoms with Gasteiger partial charge in [-0.2, -0.15) is 0 Å². The predicted molar refractivity (Wildman–Crippen MR) is 59.6 cm³/mol. The van der Waals surface area contributed by atoms with Crippen LogP contribution in [0.2, 0.25) is 0 Å². The van der Waals surface area contributed by atoms with Crippen LogP contribution in [-0.4, -0.2) is 38.4 Å². The average Bonchev–Trinajstić information content (AvgIpc) is 2.18. The third kappa shape index (κ3) is 4.40. The molecule has 0 aliphatic carbocycles. The summed E-state index contributed by atoms with van der Waals surface area (Å²) in [5, 5.41) is 6.97. The Labute approximate surface area is 87.6 Å². The number of rotatable bonds is 6. The Morgan fingerprint density at radius 1 is 1.21 bits per heavy atom. The number of nitrogens with one attached hydrogen (secondary N) is 2. The summed E-state index contributed by atoms with van der Waals surface area (Å²) >= 11 is 0. The van der Waals surface area contributed by atoms with E-state index in [-0.39, 0.29) is 0 Å². The van der Waals surface area contributed by atoms with Crippen LogP contribution in [0.5, 0.6) is 0 Å². The van der Waals surface area contributed by atoms with Gasteiger partial charge < -0.3 is 15.4 Å². The van der Waals surface area contributed by atoms with E-state index in [1.807, 2.05) is 0 Å². The van der Waals surface area contributed by atoms with Gasteiger partial charge in [0.2, 0.25) is 0 Å². The van der Waals surface area contributed by atoms with Gasteiger partial charge in [0.15, 0.2) is 0 Å². The van der Waals surface area contributed by atoms with E-state index in [0.717, 1.165) is 45.7 Å². The van der Waals surface area contributed by atoms with Crippen LogP contribution in [0.15, 0.2) is 0 Å². The van der Waals surface area contributed by atoms with Crippen LogP contribution in [-0.2, 0) is 4.74 Å². The molecule has 0 aromatic carbocycles. The molecule has 2 N–H and O–H groups in total. The van der Waals surface area contributed by atoms with E-state index < -0.39 is 0 Å². The fraction of sp³-hybridized carbons (Fsp3) is 1.00. The second-order valence-corrected chi connectivity index (χ2v) is 4.31. The summed E-state index contributed by atoms with van der Waals surface area (Å²) in [5.74, 6) is 0. The van der Waals surface area contributed by atoms with E-state index in [2.05, 4.69) is 24.5 Å². The Kier molecular flexibility index (Phi) is 5.45. The monoisotopic (exact) mass is 200 g/mol. The van der Waals surface area contributed by atoms with Crippen molar-refractivity contribution in [2.75, 3.05) is 32.8 Å². The molecule has 84 valence electrons. The molecule has 0 saturated carbocycles. The summed E-state index contributed by atoms with van der Waals surface area (Å²) in [6.45, 7) is 9.59. The molecule has 0 unspecified atom stereocenters. The molecule has 3 nitrogen and oxygen atoms in total. The smallest absolute Gasteiger partial charge is 0.0483 e. The van der Waals surface area contributed by atoms with Gasteiger partial charge in [0.05, 0.1) is 0 Å². The lowest BCUT2D eigenvalue weighted by Gasteiger charge is -2.34. The molecular formula is C11H24N2O. The third-order valence-electron chi connectivity index (χ3n) is 2.93. The maximum absolute atomic E-state index is 5.36. The Hall–Kier alpha value is -0.120. The van der Waals surface area contributed by atoms with Crippen molar-refractivity contribution >= 4 is 0 Å². The molecule has 0 bridgehead atoms. The zero-order chi connectivity index (χ0) is 10.3. The molecule has 0 radical (unpaired) electrons. The first-order valence-electron chi connectivity index (χ1n) is 5.80. The van der Waals surface area contributed by atoms with Gasteiger partial charge in [-0.3, -0.25) is 0 Å². The topological polar surface area (TPSA) is 33.3 Å². The minimum absolute atomic E-state index is 0.324. The highest BCUT2D eigenvalue weighted by Crippen LogP contribution is 2.19. The molecule has 1 aliphatic rings. The van der Waals surface area contributed by atoms with Crippen molar-refractivity contribution in [2.24, 2.45) is 0 Å². The molecule has 3 heteroatoms. The molecule has 0 spiro atoms. The van der Waals surface area contributed by atoms with Gasteiger partial charge in [-0.05, 0) is 45.8 Å². The standard InChI is InChI=1S/C11H24N2O/c1-3-12-7-4-8-13-11(2)5-9-14-10-6-11/h12-13H,3-10H2,1-2H3. The highest BCUT2D eigenvalue weighted by molar-refractivity contribution is 4.85. The number of ether oxygens (including phenoxy) is 1.